The van der Waals surface area contributed by atoms with Crippen molar-refractivity contribution in [2.24, 2.45) is 0 Å². The van der Waals surface area contributed by atoms with Gasteiger partial charge in [-0.05, 0) is 40.0 Å². The molecule has 1 fully saturated rings. The van der Waals surface area contributed by atoms with E-state index in [2.05, 4.69) is 26.2 Å². The number of ketones is 1. The van der Waals surface area contributed by atoms with Crippen molar-refractivity contribution in [3.63, 3.8) is 0 Å². The molecule has 1 saturated heterocycles. The van der Waals surface area contributed by atoms with E-state index in [1.54, 1.807) is 6.20 Å². The molecule has 2 heterocycles. The molecule has 3 nitrogen and oxygen atoms in total. The molecular weight excluding hydrogens is 287 g/mol. The molecule has 1 aromatic heterocycles. The minimum absolute atomic E-state index is 0.0954. The van der Waals surface area contributed by atoms with Gasteiger partial charge in [0.15, 0.2) is 0 Å². The van der Waals surface area contributed by atoms with Crippen LogP contribution in [-0.4, -0.2) is 29.5 Å². The summed E-state index contributed by atoms with van der Waals surface area (Å²) >= 11 is 3.29. The maximum atomic E-state index is 12.9. The van der Waals surface area contributed by atoms with Crippen LogP contribution in [0.3, 0.4) is 0 Å². The van der Waals surface area contributed by atoms with Crippen LogP contribution in [-0.2, 0) is 11.2 Å². The van der Waals surface area contributed by atoms with E-state index in [0.717, 1.165) is 10.2 Å². The van der Waals surface area contributed by atoms with Crippen molar-refractivity contribution < 1.29 is 9.18 Å². The molecule has 0 amide bonds. The summed E-state index contributed by atoms with van der Waals surface area (Å²) in [4.78, 5) is 15.8. The third-order valence-electron chi connectivity index (χ3n) is 2.92. The Labute approximate surface area is 108 Å². The molecule has 0 aromatic carbocycles. The number of carbonyl (C=O) groups is 1. The van der Waals surface area contributed by atoms with Crippen LogP contribution in [0.2, 0.25) is 0 Å². The second-order valence-corrected chi connectivity index (χ2v) is 5.06. The first-order valence-electron chi connectivity index (χ1n) is 5.66. The van der Waals surface area contributed by atoms with Crippen LogP contribution in [0.5, 0.6) is 0 Å². The third kappa shape index (κ3) is 3.57. The van der Waals surface area contributed by atoms with Gasteiger partial charge < -0.3 is 5.32 Å². The predicted molar refractivity (Wildman–Crippen MR) is 66.6 cm³/mol. The number of rotatable bonds is 4. The van der Waals surface area contributed by atoms with Gasteiger partial charge in [-0.25, -0.2) is 9.37 Å². The minimum atomic E-state index is -0.876. The number of aryl methyl sites for hydroxylation is 1. The van der Waals surface area contributed by atoms with Gasteiger partial charge in [0.1, 0.15) is 16.6 Å². The summed E-state index contributed by atoms with van der Waals surface area (Å²) < 4.78 is 13.7. The van der Waals surface area contributed by atoms with Gasteiger partial charge in [0, 0.05) is 25.6 Å². The first-order chi connectivity index (χ1) is 8.15. The van der Waals surface area contributed by atoms with Gasteiger partial charge >= 0.3 is 0 Å². The van der Waals surface area contributed by atoms with E-state index in [0.29, 0.717) is 25.8 Å². The quantitative estimate of drug-likeness (QED) is 0.866. The van der Waals surface area contributed by atoms with Gasteiger partial charge in [0.2, 0.25) is 0 Å². The number of hydrogen-bond acceptors (Lipinski definition) is 3. The smallest absolute Gasteiger partial charge is 0.150 e. The molecule has 1 aliphatic rings. The zero-order valence-electron chi connectivity index (χ0n) is 9.33. The summed E-state index contributed by atoms with van der Waals surface area (Å²) in [6.45, 7) is 0.303. The zero-order chi connectivity index (χ0) is 12.3. The van der Waals surface area contributed by atoms with Gasteiger partial charge in [0.25, 0.3) is 0 Å². The third-order valence-corrected chi connectivity index (χ3v) is 3.35. The van der Waals surface area contributed by atoms with E-state index in [9.17, 15) is 9.18 Å². The number of Topliss-reactive ketones (excluding diaryl/α,β-unsaturated/α-hetero) is 1. The van der Waals surface area contributed by atoms with Crippen LogP contribution in [0.15, 0.2) is 22.9 Å². The molecular formula is C12H14BrFN2O. The summed E-state index contributed by atoms with van der Waals surface area (Å²) in [6.07, 6.45) is 2.27. The number of aromatic nitrogens is 1. The van der Waals surface area contributed by atoms with Crippen molar-refractivity contribution in [1.82, 2.24) is 10.3 Å². The molecule has 5 heteroatoms. The molecule has 92 valence electrons. The highest BCUT2D eigenvalue weighted by molar-refractivity contribution is 9.10. The number of hydrogen-bond donors (Lipinski definition) is 1. The molecule has 1 N–H and O–H groups in total. The molecule has 0 spiro atoms. The van der Waals surface area contributed by atoms with Crippen molar-refractivity contribution in [3.8, 4) is 0 Å². The maximum absolute atomic E-state index is 12.9. The predicted octanol–water partition coefficient (Wildman–Crippen LogP) is 2.05. The molecule has 1 aromatic rings. The van der Waals surface area contributed by atoms with Gasteiger partial charge in [-0.3, -0.25) is 4.79 Å². The number of halogens is 2. The second kappa shape index (κ2) is 5.69. The Bertz CT molecular complexity index is 413. The first kappa shape index (κ1) is 12.6. The SMILES string of the molecule is O=C(CCc1ccnc(Br)c1)[C@@H]1C[C@@H](F)CN1. The van der Waals surface area contributed by atoms with Crippen molar-refractivity contribution in [2.75, 3.05) is 6.54 Å². The van der Waals surface area contributed by atoms with Gasteiger partial charge in [0.05, 0.1) is 6.04 Å². The van der Waals surface area contributed by atoms with Crippen LogP contribution >= 0.6 is 15.9 Å². The number of nitrogens with one attached hydrogen (secondary N) is 1. The van der Waals surface area contributed by atoms with Crippen LogP contribution in [0.4, 0.5) is 4.39 Å². The lowest BCUT2D eigenvalue weighted by Crippen LogP contribution is -2.30. The summed E-state index contributed by atoms with van der Waals surface area (Å²) in [5, 5.41) is 2.91. The van der Waals surface area contributed by atoms with E-state index in [1.807, 2.05) is 12.1 Å². The lowest BCUT2D eigenvalue weighted by molar-refractivity contribution is -0.120. The highest BCUT2D eigenvalue weighted by atomic mass is 79.9. The number of pyridine rings is 1. The monoisotopic (exact) mass is 300 g/mol. The molecule has 1 aliphatic heterocycles. The van der Waals surface area contributed by atoms with E-state index in [1.165, 1.54) is 0 Å². The normalized spacial score (nSPS) is 23.9. The highest BCUT2D eigenvalue weighted by Crippen LogP contribution is 2.14. The topological polar surface area (TPSA) is 42.0 Å². The van der Waals surface area contributed by atoms with Crippen molar-refractivity contribution >= 4 is 21.7 Å². The Morgan fingerprint density at radius 2 is 2.47 bits per heavy atom. The van der Waals surface area contributed by atoms with Crippen molar-refractivity contribution in [1.29, 1.82) is 0 Å². The molecule has 2 rings (SSSR count). The summed E-state index contributed by atoms with van der Waals surface area (Å²) in [5.74, 6) is 0.0954. The molecule has 2 atom stereocenters. The number of nitrogens with zero attached hydrogens (tertiary/aromatic N) is 1. The fraction of sp³-hybridized carbons (Fsp3) is 0.500. The van der Waals surface area contributed by atoms with Gasteiger partial charge in [-0.15, -0.1) is 0 Å². The van der Waals surface area contributed by atoms with Crippen molar-refractivity contribution in [3.05, 3.63) is 28.5 Å². The lowest BCUT2D eigenvalue weighted by atomic mass is 10.0. The number of alkyl halides is 1. The zero-order valence-corrected chi connectivity index (χ0v) is 10.9. The lowest BCUT2D eigenvalue weighted by Gasteiger charge is -2.08. The molecule has 0 bridgehead atoms. The standard InChI is InChI=1S/C12H14BrFN2O/c13-12-5-8(3-4-15-12)1-2-11(17)10-6-9(14)7-16-10/h3-5,9-10,16H,1-2,6-7H2/t9-,10+/m1/s1. The Hall–Kier alpha value is -0.810. The van der Waals surface area contributed by atoms with Crippen LogP contribution < -0.4 is 5.32 Å². The Kier molecular flexibility index (Phi) is 4.23. The summed E-state index contributed by atoms with van der Waals surface area (Å²) in [5.41, 5.74) is 1.06. The fourth-order valence-corrected chi connectivity index (χ4v) is 2.39. The van der Waals surface area contributed by atoms with Crippen LogP contribution in [0.1, 0.15) is 18.4 Å². The summed E-state index contributed by atoms with van der Waals surface area (Å²) in [6, 6.07) is 3.49. The highest BCUT2D eigenvalue weighted by Gasteiger charge is 2.28. The Balaban J connectivity index is 1.84. The van der Waals surface area contributed by atoms with Gasteiger partial charge in [-0.1, -0.05) is 0 Å². The Morgan fingerprint density at radius 1 is 1.65 bits per heavy atom. The molecule has 0 radical (unpaired) electrons. The number of carbonyl (C=O) groups excluding carboxylic acids is 1. The molecule has 0 unspecified atom stereocenters. The van der Waals surface area contributed by atoms with E-state index < -0.39 is 6.17 Å². The molecule has 0 aliphatic carbocycles. The average molecular weight is 301 g/mol. The average Bonchev–Trinajstić information content (AvgIpc) is 2.73. The van der Waals surface area contributed by atoms with Crippen LogP contribution in [0.25, 0.3) is 0 Å². The minimum Gasteiger partial charge on any atom is -0.304 e. The van der Waals surface area contributed by atoms with E-state index in [4.69, 9.17) is 0 Å². The second-order valence-electron chi connectivity index (χ2n) is 4.25. The Morgan fingerprint density at radius 3 is 3.12 bits per heavy atom. The maximum Gasteiger partial charge on any atom is 0.150 e. The van der Waals surface area contributed by atoms with Crippen LogP contribution in [0, 0.1) is 0 Å². The van der Waals surface area contributed by atoms with E-state index in [-0.39, 0.29) is 11.8 Å². The van der Waals surface area contributed by atoms with Crippen molar-refractivity contribution in [2.45, 2.75) is 31.5 Å². The molecule has 17 heavy (non-hydrogen) atoms. The molecule has 0 saturated carbocycles. The van der Waals surface area contributed by atoms with Gasteiger partial charge in [-0.2, -0.15) is 0 Å². The first-order valence-corrected chi connectivity index (χ1v) is 6.45. The summed E-state index contributed by atoms with van der Waals surface area (Å²) in [7, 11) is 0. The largest absolute Gasteiger partial charge is 0.304 e. The fourth-order valence-electron chi connectivity index (χ4n) is 1.98. The van der Waals surface area contributed by atoms with E-state index >= 15 is 0 Å².